The molecule has 0 saturated carbocycles. The molecule has 1 aromatic heterocycles. The third-order valence-corrected chi connectivity index (χ3v) is 4.78. The molecule has 0 aliphatic rings. The Bertz CT molecular complexity index is 1010. The number of nitrogens with zero attached hydrogens (tertiary/aromatic N) is 2. The predicted octanol–water partition coefficient (Wildman–Crippen LogP) is 3.66. The summed E-state index contributed by atoms with van der Waals surface area (Å²) in [4.78, 5) is 15.9. The van der Waals surface area contributed by atoms with Crippen LogP contribution in [-0.4, -0.2) is 24.2 Å². The topological polar surface area (TPSA) is 98.8 Å². The van der Waals surface area contributed by atoms with Crippen LogP contribution in [0.1, 0.15) is 16.8 Å². The Morgan fingerprint density at radius 3 is 2.76 bits per heavy atom. The summed E-state index contributed by atoms with van der Waals surface area (Å²) >= 11 is 7.18. The highest BCUT2D eigenvalue weighted by molar-refractivity contribution is 7.13. The molecule has 7 nitrogen and oxygen atoms in total. The summed E-state index contributed by atoms with van der Waals surface area (Å²) in [5, 5.41) is 6.82. The Balaban J connectivity index is 1.56. The lowest BCUT2D eigenvalue weighted by atomic mass is 10.2. The van der Waals surface area contributed by atoms with Crippen LogP contribution < -0.4 is 20.6 Å². The molecule has 150 valence electrons. The first-order chi connectivity index (χ1) is 14.0. The molecule has 0 atom stereocenters. The maximum absolute atomic E-state index is 11.9. The van der Waals surface area contributed by atoms with Gasteiger partial charge in [-0.05, 0) is 41.5 Å². The van der Waals surface area contributed by atoms with E-state index in [1.54, 1.807) is 24.6 Å². The van der Waals surface area contributed by atoms with Crippen molar-refractivity contribution in [3.63, 3.8) is 0 Å². The molecular weight excluding hydrogens is 412 g/mol. The summed E-state index contributed by atoms with van der Waals surface area (Å²) in [6.45, 7) is 0.387. The number of hydrogen-bond acceptors (Lipinski definition) is 7. The Morgan fingerprint density at radius 2 is 2.07 bits per heavy atom. The van der Waals surface area contributed by atoms with Crippen LogP contribution in [0.3, 0.4) is 0 Å². The molecule has 1 heterocycles. The number of carbonyl (C=O) groups excluding carboxylic acids is 1. The van der Waals surface area contributed by atoms with Gasteiger partial charge in [0.15, 0.2) is 16.6 Å². The molecule has 0 aliphatic carbocycles. The molecule has 3 N–H and O–H groups in total. The normalized spacial score (nSPS) is 10.8. The quantitative estimate of drug-likeness (QED) is 0.419. The van der Waals surface area contributed by atoms with Crippen molar-refractivity contribution in [3.05, 3.63) is 69.7 Å². The van der Waals surface area contributed by atoms with Gasteiger partial charge in [0.2, 0.25) is 5.91 Å². The number of methoxy groups -OCH3 is 1. The highest BCUT2D eigenvalue weighted by Gasteiger charge is 2.07. The third kappa shape index (κ3) is 6.20. The molecule has 0 bridgehead atoms. The van der Waals surface area contributed by atoms with E-state index in [2.05, 4.69) is 15.5 Å². The van der Waals surface area contributed by atoms with E-state index in [9.17, 15) is 4.79 Å². The zero-order chi connectivity index (χ0) is 20.6. The minimum absolute atomic E-state index is 0.117. The number of nitrogen functional groups attached to an aromatic ring is 1. The van der Waals surface area contributed by atoms with E-state index < -0.39 is 0 Å². The second-order valence-electron chi connectivity index (χ2n) is 5.97. The van der Waals surface area contributed by atoms with Crippen LogP contribution in [0.25, 0.3) is 0 Å². The molecule has 29 heavy (non-hydrogen) atoms. The van der Waals surface area contributed by atoms with Crippen molar-refractivity contribution in [2.75, 3.05) is 12.8 Å². The van der Waals surface area contributed by atoms with Crippen LogP contribution in [0.5, 0.6) is 11.5 Å². The average Bonchev–Trinajstić information content (AvgIpc) is 3.12. The van der Waals surface area contributed by atoms with Gasteiger partial charge >= 0.3 is 0 Å². The van der Waals surface area contributed by atoms with Crippen LogP contribution in [0, 0.1) is 0 Å². The number of anilines is 1. The van der Waals surface area contributed by atoms with Gasteiger partial charge in [-0.2, -0.15) is 5.10 Å². The highest BCUT2D eigenvalue weighted by Crippen LogP contribution is 2.28. The van der Waals surface area contributed by atoms with Gasteiger partial charge in [0.25, 0.3) is 0 Å². The van der Waals surface area contributed by atoms with Crippen molar-refractivity contribution in [3.8, 4) is 11.5 Å². The van der Waals surface area contributed by atoms with E-state index in [1.807, 2.05) is 30.3 Å². The van der Waals surface area contributed by atoms with Crippen molar-refractivity contribution in [2.45, 2.75) is 13.0 Å². The number of aromatic nitrogens is 1. The van der Waals surface area contributed by atoms with Gasteiger partial charge in [0.1, 0.15) is 6.61 Å². The van der Waals surface area contributed by atoms with Gasteiger partial charge < -0.3 is 15.2 Å². The van der Waals surface area contributed by atoms with Gasteiger partial charge in [-0.1, -0.05) is 23.7 Å². The number of hydrogen-bond donors (Lipinski definition) is 2. The molecule has 0 saturated heterocycles. The van der Waals surface area contributed by atoms with E-state index in [4.69, 9.17) is 26.8 Å². The van der Waals surface area contributed by atoms with Crippen LogP contribution in [0.15, 0.2) is 52.9 Å². The van der Waals surface area contributed by atoms with Crippen molar-refractivity contribution in [1.82, 2.24) is 10.4 Å². The minimum Gasteiger partial charge on any atom is -0.493 e. The first kappa shape index (κ1) is 20.6. The molecule has 9 heteroatoms. The fourth-order valence-electron chi connectivity index (χ4n) is 2.41. The summed E-state index contributed by atoms with van der Waals surface area (Å²) in [6.07, 6.45) is 1.64. The highest BCUT2D eigenvalue weighted by atomic mass is 35.5. The predicted molar refractivity (Wildman–Crippen MR) is 115 cm³/mol. The fraction of sp³-hybridized carbons (Fsp3) is 0.150. The molecule has 0 spiro atoms. The molecule has 0 fully saturated rings. The maximum atomic E-state index is 11.9. The van der Waals surface area contributed by atoms with Crippen molar-refractivity contribution < 1.29 is 14.3 Å². The lowest BCUT2D eigenvalue weighted by Gasteiger charge is -2.11. The first-order valence-corrected chi connectivity index (χ1v) is 9.86. The van der Waals surface area contributed by atoms with Gasteiger partial charge in [0, 0.05) is 10.4 Å². The smallest absolute Gasteiger partial charge is 0.246 e. The minimum atomic E-state index is -0.276. The zero-order valence-corrected chi connectivity index (χ0v) is 17.2. The molecule has 0 radical (unpaired) electrons. The zero-order valence-electron chi connectivity index (χ0n) is 15.6. The number of ether oxygens (including phenoxy) is 2. The van der Waals surface area contributed by atoms with Crippen LogP contribution in [0.2, 0.25) is 5.02 Å². The number of benzene rings is 2. The number of thiazole rings is 1. The molecule has 2 aromatic carbocycles. The largest absolute Gasteiger partial charge is 0.493 e. The number of nitrogens with one attached hydrogen (secondary N) is 1. The van der Waals surface area contributed by atoms with Crippen LogP contribution >= 0.6 is 22.9 Å². The van der Waals surface area contributed by atoms with Gasteiger partial charge in [-0.15, -0.1) is 11.3 Å². The molecule has 0 aliphatic heterocycles. The maximum Gasteiger partial charge on any atom is 0.246 e. The Hall–Kier alpha value is -3.10. The van der Waals surface area contributed by atoms with E-state index >= 15 is 0 Å². The fourth-order valence-corrected chi connectivity index (χ4v) is 3.10. The van der Waals surface area contributed by atoms with Crippen molar-refractivity contribution >= 4 is 40.2 Å². The van der Waals surface area contributed by atoms with Crippen molar-refractivity contribution in [1.29, 1.82) is 0 Å². The molecule has 3 aromatic rings. The lowest BCUT2D eigenvalue weighted by Crippen LogP contribution is -2.19. The monoisotopic (exact) mass is 430 g/mol. The summed E-state index contributed by atoms with van der Waals surface area (Å²) < 4.78 is 11.2. The summed E-state index contributed by atoms with van der Waals surface area (Å²) in [5.41, 5.74) is 10.4. The van der Waals surface area contributed by atoms with Crippen LogP contribution in [0.4, 0.5) is 5.13 Å². The van der Waals surface area contributed by atoms with E-state index in [-0.39, 0.29) is 12.3 Å². The van der Waals surface area contributed by atoms with Gasteiger partial charge in [0.05, 0.1) is 25.4 Å². The van der Waals surface area contributed by atoms with E-state index in [0.29, 0.717) is 34.0 Å². The third-order valence-electron chi connectivity index (χ3n) is 3.81. The number of rotatable bonds is 8. The Kier molecular flexibility index (Phi) is 7.04. The molecule has 0 unspecified atom stereocenters. The number of halogens is 1. The van der Waals surface area contributed by atoms with Gasteiger partial charge in [-0.25, -0.2) is 10.4 Å². The van der Waals surface area contributed by atoms with Gasteiger partial charge in [-0.3, -0.25) is 4.79 Å². The molecule has 1 amide bonds. The van der Waals surface area contributed by atoms with Crippen molar-refractivity contribution in [2.24, 2.45) is 5.10 Å². The second kappa shape index (κ2) is 9.90. The second-order valence-corrected chi connectivity index (χ2v) is 7.30. The number of amides is 1. The number of hydrazone groups is 1. The molecular formula is C20H19ClN4O3S. The summed E-state index contributed by atoms with van der Waals surface area (Å²) in [5.74, 6) is 0.887. The van der Waals surface area contributed by atoms with E-state index in [1.165, 1.54) is 17.6 Å². The Labute approximate surface area is 177 Å². The number of carbonyl (C=O) groups is 1. The first-order valence-electron chi connectivity index (χ1n) is 8.60. The average molecular weight is 431 g/mol. The van der Waals surface area contributed by atoms with Crippen LogP contribution in [-0.2, 0) is 17.8 Å². The molecule has 3 rings (SSSR count). The lowest BCUT2D eigenvalue weighted by molar-refractivity contribution is -0.120. The summed E-state index contributed by atoms with van der Waals surface area (Å²) in [7, 11) is 1.56. The number of nitrogens with two attached hydrogens (primary N) is 1. The van der Waals surface area contributed by atoms with E-state index in [0.717, 1.165) is 11.1 Å². The Morgan fingerprint density at radius 1 is 1.28 bits per heavy atom. The summed E-state index contributed by atoms with van der Waals surface area (Å²) in [6, 6.07) is 12.8. The standard InChI is InChI=1S/C20H19ClN4O3S/c1-27-18-8-14(10-23-25-19(26)9-16-12-29-20(22)24-16)4-7-17(18)28-11-13-2-5-15(21)6-3-13/h2-8,10,12H,9,11H2,1H3,(H2,22,24)(H,25,26)/b23-10+. The SMILES string of the molecule is COc1cc(/C=N/NC(=O)Cc2csc(N)n2)ccc1OCc1ccc(Cl)cc1.